The van der Waals surface area contributed by atoms with Crippen molar-refractivity contribution in [2.75, 3.05) is 20.2 Å². The molecule has 0 bridgehead atoms. The lowest BCUT2D eigenvalue weighted by atomic mass is 10.0. The smallest absolute Gasteiger partial charge is 0.165 e. The first kappa shape index (κ1) is 15.3. The Labute approximate surface area is 120 Å². The molecule has 0 aliphatic heterocycles. The number of halogens is 1. The molecule has 1 aliphatic carbocycles. The molecule has 20 heavy (non-hydrogen) atoms. The number of benzene rings is 1. The molecule has 1 aromatic rings. The molecule has 1 aromatic carbocycles. The predicted octanol–water partition coefficient (Wildman–Crippen LogP) is 3.10. The Balaban J connectivity index is 2.23. The van der Waals surface area contributed by atoms with E-state index in [9.17, 15) is 4.39 Å². The SMILES string of the molecule is CCN(C1CCCC1)C(CN)c1ccc(OC)c(F)c1. The van der Waals surface area contributed by atoms with Crippen molar-refractivity contribution in [2.45, 2.75) is 44.7 Å². The normalized spacial score (nSPS) is 17.6. The van der Waals surface area contributed by atoms with Gasteiger partial charge in [0.2, 0.25) is 0 Å². The van der Waals surface area contributed by atoms with E-state index in [1.807, 2.05) is 6.07 Å². The molecule has 0 saturated heterocycles. The molecule has 1 saturated carbocycles. The topological polar surface area (TPSA) is 38.5 Å². The van der Waals surface area contributed by atoms with Gasteiger partial charge < -0.3 is 10.5 Å². The first-order valence-corrected chi connectivity index (χ1v) is 7.50. The Morgan fingerprint density at radius 3 is 2.60 bits per heavy atom. The zero-order valence-corrected chi connectivity index (χ0v) is 12.4. The summed E-state index contributed by atoms with van der Waals surface area (Å²) in [5, 5.41) is 0. The molecule has 1 unspecified atom stereocenters. The number of hydrogen-bond acceptors (Lipinski definition) is 3. The molecule has 4 heteroatoms. The Bertz CT molecular complexity index is 432. The largest absolute Gasteiger partial charge is 0.494 e. The van der Waals surface area contributed by atoms with Gasteiger partial charge in [0, 0.05) is 18.6 Å². The Hall–Kier alpha value is -1.13. The van der Waals surface area contributed by atoms with Crippen molar-refractivity contribution < 1.29 is 9.13 Å². The summed E-state index contributed by atoms with van der Waals surface area (Å²) in [6.45, 7) is 3.61. The summed E-state index contributed by atoms with van der Waals surface area (Å²) in [7, 11) is 1.48. The maximum Gasteiger partial charge on any atom is 0.165 e. The Morgan fingerprint density at radius 1 is 1.40 bits per heavy atom. The van der Waals surface area contributed by atoms with Gasteiger partial charge in [-0.15, -0.1) is 0 Å². The van der Waals surface area contributed by atoms with Crippen LogP contribution in [0, 0.1) is 5.82 Å². The highest BCUT2D eigenvalue weighted by atomic mass is 19.1. The minimum atomic E-state index is -0.314. The minimum absolute atomic E-state index is 0.0866. The second-order valence-corrected chi connectivity index (χ2v) is 5.41. The standard InChI is InChI=1S/C16H25FN2O/c1-3-19(13-6-4-5-7-13)15(11-18)12-8-9-16(20-2)14(17)10-12/h8-10,13,15H,3-7,11,18H2,1-2H3. The number of likely N-dealkylation sites (N-methyl/N-ethyl adjacent to an activating group) is 1. The highest BCUT2D eigenvalue weighted by Crippen LogP contribution is 2.31. The van der Waals surface area contributed by atoms with Gasteiger partial charge in [-0.05, 0) is 37.1 Å². The fraction of sp³-hybridized carbons (Fsp3) is 0.625. The van der Waals surface area contributed by atoms with Crippen molar-refractivity contribution in [3.63, 3.8) is 0 Å². The lowest BCUT2D eigenvalue weighted by molar-refractivity contribution is 0.147. The number of rotatable bonds is 6. The van der Waals surface area contributed by atoms with Crippen molar-refractivity contribution in [2.24, 2.45) is 5.73 Å². The van der Waals surface area contributed by atoms with Gasteiger partial charge in [-0.3, -0.25) is 4.90 Å². The summed E-state index contributed by atoms with van der Waals surface area (Å²) in [4.78, 5) is 2.42. The van der Waals surface area contributed by atoms with Crippen molar-refractivity contribution in [3.05, 3.63) is 29.6 Å². The maximum absolute atomic E-state index is 13.9. The molecule has 1 atom stereocenters. The molecule has 1 aliphatic rings. The first-order valence-electron chi connectivity index (χ1n) is 7.50. The van der Waals surface area contributed by atoms with Crippen LogP contribution in [0.3, 0.4) is 0 Å². The van der Waals surface area contributed by atoms with Crippen LogP contribution < -0.4 is 10.5 Å². The third-order valence-corrected chi connectivity index (χ3v) is 4.34. The molecular formula is C16H25FN2O. The van der Waals surface area contributed by atoms with E-state index in [0.717, 1.165) is 12.1 Å². The van der Waals surface area contributed by atoms with Crippen LogP contribution >= 0.6 is 0 Å². The molecule has 0 heterocycles. The summed E-state index contributed by atoms with van der Waals surface area (Å²) in [5.74, 6) is -0.0284. The number of methoxy groups -OCH3 is 1. The van der Waals surface area contributed by atoms with Crippen LogP contribution in [0.4, 0.5) is 4.39 Å². The number of nitrogens with two attached hydrogens (primary N) is 1. The van der Waals surface area contributed by atoms with E-state index in [2.05, 4.69) is 11.8 Å². The summed E-state index contributed by atoms with van der Waals surface area (Å²) >= 11 is 0. The summed E-state index contributed by atoms with van der Waals surface area (Å²) in [6, 6.07) is 5.85. The van der Waals surface area contributed by atoms with Gasteiger partial charge in [-0.25, -0.2) is 4.39 Å². The van der Waals surface area contributed by atoms with Gasteiger partial charge >= 0.3 is 0 Å². The fourth-order valence-corrected chi connectivity index (χ4v) is 3.32. The molecule has 0 aromatic heterocycles. The van der Waals surface area contributed by atoms with Crippen LogP contribution in [0.5, 0.6) is 5.75 Å². The summed E-state index contributed by atoms with van der Waals surface area (Å²) < 4.78 is 18.9. The summed E-state index contributed by atoms with van der Waals surface area (Å²) in [5.41, 5.74) is 6.92. The monoisotopic (exact) mass is 280 g/mol. The van der Waals surface area contributed by atoms with E-state index in [1.165, 1.54) is 32.8 Å². The zero-order chi connectivity index (χ0) is 14.5. The molecule has 2 N–H and O–H groups in total. The van der Waals surface area contributed by atoms with Gasteiger partial charge in [-0.1, -0.05) is 25.8 Å². The molecule has 112 valence electrons. The van der Waals surface area contributed by atoms with Gasteiger partial charge in [0.05, 0.1) is 7.11 Å². The van der Waals surface area contributed by atoms with Crippen molar-refractivity contribution in [1.29, 1.82) is 0 Å². The van der Waals surface area contributed by atoms with Crippen LogP contribution in [0.2, 0.25) is 0 Å². The maximum atomic E-state index is 13.9. The molecule has 2 rings (SSSR count). The number of hydrogen-bond donors (Lipinski definition) is 1. The molecule has 0 radical (unpaired) electrons. The van der Waals surface area contributed by atoms with Crippen LogP contribution in [-0.2, 0) is 0 Å². The second kappa shape index (κ2) is 7.04. The Kier molecular flexibility index (Phi) is 5.38. The molecular weight excluding hydrogens is 255 g/mol. The van der Waals surface area contributed by atoms with Gasteiger partial charge in [0.1, 0.15) is 0 Å². The predicted molar refractivity (Wildman–Crippen MR) is 79.4 cm³/mol. The van der Waals surface area contributed by atoms with Crippen molar-refractivity contribution in [3.8, 4) is 5.75 Å². The highest BCUT2D eigenvalue weighted by molar-refractivity contribution is 5.31. The zero-order valence-electron chi connectivity index (χ0n) is 12.4. The van der Waals surface area contributed by atoms with Crippen LogP contribution in [-0.4, -0.2) is 31.1 Å². The van der Waals surface area contributed by atoms with E-state index in [-0.39, 0.29) is 17.6 Å². The third kappa shape index (κ3) is 3.13. The average Bonchev–Trinajstić information content (AvgIpc) is 2.98. The summed E-state index contributed by atoms with van der Waals surface area (Å²) in [6.07, 6.45) is 5.02. The first-order chi connectivity index (χ1) is 9.71. The average molecular weight is 280 g/mol. The van der Waals surface area contributed by atoms with Crippen molar-refractivity contribution in [1.82, 2.24) is 4.90 Å². The molecule has 0 spiro atoms. The fourth-order valence-electron chi connectivity index (χ4n) is 3.32. The Morgan fingerprint density at radius 2 is 2.10 bits per heavy atom. The van der Waals surface area contributed by atoms with E-state index in [4.69, 9.17) is 10.5 Å². The lowest BCUT2D eigenvalue weighted by Crippen LogP contribution is -2.40. The lowest BCUT2D eigenvalue weighted by Gasteiger charge is -2.35. The van der Waals surface area contributed by atoms with Crippen molar-refractivity contribution >= 4 is 0 Å². The molecule has 3 nitrogen and oxygen atoms in total. The van der Waals surface area contributed by atoms with E-state index in [0.29, 0.717) is 12.6 Å². The van der Waals surface area contributed by atoms with Gasteiger partial charge in [-0.2, -0.15) is 0 Å². The molecule has 1 fully saturated rings. The minimum Gasteiger partial charge on any atom is -0.494 e. The molecule has 0 amide bonds. The number of nitrogens with zero attached hydrogens (tertiary/aromatic N) is 1. The van der Waals surface area contributed by atoms with Gasteiger partial charge in [0.15, 0.2) is 11.6 Å². The van der Waals surface area contributed by atoms with E-state index >= 15 is 0 Å². The van der Waals surface area contributed by atoms with Crippen LogP contribution in [0.15, 0.2) is 18.2 Å². The highest BCUT2D eigenvalue weighted by Gasteiger charge is 2.28. The number of ether oxygens (including phenoxy) is 1. The van der Waals surface area contributed by atoms with E-state index < -0.39 is 0 Å². The van der Waals surface area contributed by atoms with Gasteiger partial charge in [0.25, 0.3) is 0 Å². The second-order valence-electron chi connectivity index (χ2n) is 5.41. The third-order valence-electron chi connectivity index (χ3n) is 4.34. The van der Waals surface area contributed by atoms with Crippen LogP contribution in [0.25, 0.3) is 0 Å². The quantitative estimate of drug-likeness (QED) is 0.870. The van der Waals surface area contributed by atoms with Crippen LogP contribution in [0.1, 0.15) is 44.2 Å². The van der Waals surface area contributed by atoms with E-state index in [1.54, 1.807) is 12.1 Å².